The second-order valence-electron chi connectivity index (χ2n) is 6.79. The van der Waals surface area contributed by atoms with Crippen LogP contribution in [-0.4, -0.2) is 22.8 Å². The Kier molecular flexibility index (Phi) is 5.22. The van der Waals surface area contributed by atoms with E-state index < -0.39 is 35.0 Å². The van der Waals surface area contributed by atoms with Crippen LogP contribution in [0.5, 0.6) is 0 Å². The molecule has 3 N–H and O–H groups in total. The molecule has 0 saturated heterocycles. The number of nitrogens with two attached hydrogens (primary N) is 1. The lowest BCUT2D eigenvalue weighted by Gasteiger charge is -2.30. The fourth-order valence-electron chi connectivity index (χ4n) is 2.82. The van der Waals surface area contributed by atoms with Gasteiger partial charge in [0.05, 0.1) is 5.56 Å². The maximum Gasteiger partial charge on any atom is 0.301 e. The van der Waals surface area contributed by atoms with Crippen molar-refractivity contribution in [1.29, 1.82) is 5.26 Å². The van der Waals surface area contributed by atoms with Gasteiger partial charge in [-0.1, -0.05) is 0 Å². The largest absolute Gasteiger partial charge is 0.425 e. The molecule has 1 aromatic heterocycles. The number of allylic oxidation sites excluding steroid dienone is 1. The molecule has 1 atom stereocenters. The van der Waals surface area contributed by atoms with Gasteiger partial charge in [0.15, 0.2) is 5.76 Å². The van der Waals surface area contributed by atoms with E-state index in [1.54, 1.807) is 0 Å². The summed E-state index contributed by atoms with van der Waals surface area (Å²) in [5.74, 6) is -5.45. The number of benzene rings is 1. The second kappa shape index (κ2) is 7.51. The van der Waals surface area contributed by atoms with E-state index in [4.69, 9.17) is 15.7 Å². The number of anilines is 1. The maximum absolute atomic E-state index is 14.6. The van der Waals surface area contributed by atoms with Crippen molar-refractivity contribution in [3.05, 3.63) is 71.0 Å². The lowest BCUT2D eigenvalue weighted by molar-refractivity contribution is 0.0179. The molecule has 2 heterocycles. The van der Waals surface area contributed by atoms with Crippen molar-refractivity contribution in [1.82, 2.24) is 4.98 Å². The van der Waals surface area contributed by atoms with Gasteiger partial charge >= 0.3 is 5.92 Å². The highest BCUT2D eigenvalue weighted by Gasteiger charge is 2.39. The Hall–Kier alpha value is -3.87. The number of alkyl halides is 2. The standard InChI is InChI=1S/C20H16F3N5O2/c1-19(8-16(20(2,22)23)30-18(25)28-19)13-7-12(4-5-14(13)21)27-17(29)15-6-3-11(9-24)10-26-15/h3-8,10H,1-2H3,(H2,25,28)(H,27,29)/t19-/m0/s1. The molecule has 1 amide bonds. The first kappa shape index (κ1) is 20.9. The van der Waals surface area contributed by atoms with Crippen molar-refractivity contribution in [2.45, 2.75) is 25.3 Å². The Morgan fingerprint density at radius 3 is 2.67 bits per heavy atom. The maximum atomic E-state index is 14.6. The van der Waals surface area contributed by atoms with E-state index in [-0.39, 0.29) is 22.5 Å². The van der Waals surface area contributed by atoms with Crippen molar-refractivity contribution in [2.75, 3.05) is 5.32 Å². The average molecular weight is 415 g/mol. The number of amidine groups is 1. The van der Waals surface area contributed by atoms with Gasteiger partial charge < -0.3 is 15.8 Å². The molecule has 2 aromatic rings. The molecular formula is C20H16F3N5O2. The zero-order chi connectivity index (χ0) is 22.1. The number of aliphatic imine (C=N–C) groups is 1. The molecule has 0 unspecified atom stereocenters. The van der Waals surface area contributed by atoms with Crippen LogP contribution in [0.25, 0.3) is 0 Å². The first-order valence-corrected chi connectivity index (χ1v) is 8.64. The molecule has 1 aromatic carbocycles. The number of ether oxygens (including phenoxy) is 1. The average Bonchev–Trinajstić information content (AvgIpc) is 2.68. The van der Waals surface area contributed by atoms with E-state index in [0.29, 0.717) is 6.92 Å². The highest BCUT2D eigenvalue weighted by Crippen LogP contribution is 2.38. The van der Waals surface area contributed by atoms with E-state index in [1.807, 2.05) is 6.07 Å². The molecule has 0 spiro atoms. The van der Waals surface area contributed by atoms with Crippen LogP contribution in [0, 0.1) is 17.1 Å². The molecule has 7 nitrogen and oxygen atoms in total. The number of pyridine rings is 1. The molecule has 154 valence electrons. The first-order chi connectivity index (χ1) is 14.0. The number of amides is 1. The van der Waals surface area contributed by atoms with Crippen LogP contribution in [-0.2, 0) is 10.3 Å². The number of nitrogens with zero attached hydrogens (tertiary/aromatic N) is 3. The van der Waals surface area contributed by atoms with Crippen LogP contribution in [0.4, 0.5) is 18.9 Å². The van der Waals surface area contributed by atoms with Crippen LogP contribution >= 0.6 is 0 Å². The van der Waals surface area contributed by atoms with Gasteiger partial charge in [-0.3, -0.25) is 4.79 Å². The SMILES string of the molecule is CC(F)(F)C1=C[C@@](C)(c2cc(NC(=O)c3ccc(C#N)cn3)ccc2F)N=C(N)O1. The quantitative estimate of drug-likeness (QED) is 0.794. The molecule has 1 aliphatic rings. The monoisotopic (exact) mass is 415 g/mol. The Bertz CT molecular complexity index is 1100. The van der Waals surface area contributed by atoms with Crippen LogP contribution in [0.2, 0.25) is 0 Å². The summed E-state index contributed by atoms with van der Waals surface area (Å²) in [6, 6.07) is 7.78. The Labute approximate surface area is 169 Å². The van der Waals surface area contributed by atoms with E-state index in [0.717, 1.165) is 12.1 Å². The minimum absolute atomic E-state index is 0.0345. The minimum Gasteiger partial charge on any atom is -0.425 e. The smallest absolute Gasteiger partial charge is 0.301 e. The summed E-state index contributed by atoms with van der Waals surface area (Å²) < 4.78 is 46.9. The molecule has 0 saturated carbocycles. The van der Waals surface area contributed by atoms with Crippen LogP contribution in [0.3, 0.4) is 0 Å². The number of nitriles is 1. The highest BCUT2D eigenvalue weighted by atomic mass is 19.3. The van der Waals surface area contributed by atoms with E-state index in [1.165, 1.54) is 37.4 Å². The predicted molar refractivity (Wildman–Crippen MR) is 102 cm³/mol. The lowest BCUT2D eigenvalue weighted by atomic mass is 9.89. The molecule has 3 rings (SSSR count). The number of carbonyl (C=O) groups excluding carboxylic acids is 1. The number of rotatable bonds is 4. The van der Waals surface area contributed by atoms with Crippen LogP contribution < -0.4 is 11.1 Å². The van der Waals surface area contributed by atoms with Crippen molar-refractivity contribution in [3.8, 4) is 6.07 Å². The summed E-state index contributed by atoms with van der Waals surface area (Å²) in [7, 11) is 0. The minimum atomic E-state index is -3.36. The van der Waals surface area contributed by atoms with Crippen molar-refractivity contribution in [2.24, 2.45) is 10.7 Å². The zero-order valence-corrected chi connectivity index (χ0v) is 15.9. The summed E-state index contributed by atoms with van der Waals surface area (Å²) >= 11 is 0. The molecular weight excluding hydrogens is 399 g/mol. The van der Waals surface area contributed by atoms with Gasteiger partial charge in [-0.25, -0.2) is 14.4 Å². The number of nitrogens with one attached hydrogen (secondary N) is 1. The molecule has 0 aliphatic carbocycles. The van der Waals surface area contributed by atoms with Crippen LogP contribution in [0.1, 0.15) is 35.5 Å². The predicted octanol–water partition coefficient (Wildman–Crippen LogP) is 3.44. The van der Waals surface area contributed by atoms with Gasteiger partial charge in [0.25, 0.3) is 11.9 Å². The van der Waals surface area contributed by atoms with Gasteiger partial charge in [-0.15, -0.1) is 0 Å². The second-order valence-corrected chi connectivity index (χ2v) is 6.79. The lowest BCUT2D eigenvalue weighted by Crippen LogP contribution is -2.34. The molecule has 0 radical (unpaired) electrons. The Balaban J connectivity index is 1.95. The van der Waals surface area contributed by atoms with E-state index in [2.05, 4.69) is 15.3 Å². The van der Waals surface area contributed by atoms with Gasteiger partial charge in [0.1, 0.15) is 23.1 Å². The third-order valence-corrected chi connectivity index (χ3v) is 4.30. The fourth-order valence-corrected chi connectivity index (χ4v) is 2.82. The van der Waals surface area contributed by atoms with Crippen molar-refractivity contribution < 1.29 is 22.7 Å². The summed E-state index contributed by atoms with van der Waals surface area (Å²) in [6.45, 7) is 2.01. The van der Waals surface area contributed by atoms with Gasteiger partial charge in [0.2, 0.25) is 0 Å². The third-order valence-electron chi connectivity index (χ3n) is 4.30. The summed E-state index contributed by atoms with van der Waals surface area (Å²) in [6.07, 6.45) is 2.22. The topological polar surface area (TPSA) is 113 Å². The molecule has 10 heteroatoms. The van der Waals surface area contributed by atoms with Gasteiger partial charge in [0, 0.05) is 24.4 Å². The van der Waals surface area contributed by atoms with E-state index in [9.17, 15) is 18.0 Å². The number of carbonyl (C=O) groups is 1. The highest BCUT2D eigenvalue weighted by molar-refractivity contribution is 6.02. The number of halogens is 3. The number of hydrogen-bond acceptors (Lipinski definition) is 6. The van der Waals surface area contributed by atoms with Gasteiger partial charge in [-0.05, 0) is 43.3 Å². The Morgan fingerprint density at radius 1 is 1.33 bits per heavy atom. The summed E-state index contributed by atoms with van der Waals surface area (Å²) in [5.41, 5.74) is 4.35. The fraction of sp³-hybridized carbons (Fsp3) is 0.200. The molecule has 30 heavy (non-hydrogen) atoms. The zero-order valence-electron chi connectivity index (χ0n) is 15.9. The van der Waals surface area contributed by atoms with E-state index >= 15 is 0 Å². The number of aromatic nitrogens is 1. The first-order valence-electron chi connectivity index (χ1n) is 8.64. The molecule has 0 bridgehead atoms. The normalized spacial score (nSPS) is 18.5. The van der Waals surface area contributed by atoms with Crippen LogP contribution in [0.15, 0.2) is 53.4 Å². The Morgan fingerprint density at radius 2 is 2.07 bits per heavy atom. The van der Waals surface area contributed by atoms with Crippen molar-refractivity contribution >= 4 is 17.6 Å². The number of hydrogen-bond donors (Lipinski definition) is 2. The summed E-state index contributed by atoms with van der Waals surface area (Å²) in [5, 5.41) is 11.3. The molecule has 1 aliphatic heterocycles. The molecule has 0 fully saturated rings. The third kappa shape index (κ3) is 4.25. The van der Waals surface area contributed by atoms with Crippen molar-refractivity contribution in [3.63, 3.8) is 0 Å². The van der Waals surface area contributed by atoms with Gasteiger partial charge in [-0.2, -0.15) is 14.0 Å². The summed E-state index contributed by atoms with van der Waals surface area (Å²) in [4.78, 5) is 20.2.